The second-order valence-electron chi connectivity index (χ2n) is 6.12. The van der Waals surface area contributed by atoms with Gasteiger partial charge in [-0.2, -0.15) is 0 Å². The summed E-state index contributed by atoms with van der Waals surface area (Å²) < 4.78 is 14.2. The lowest BCUT2D eigenvalue weighted by Crippen LogP contribution is -2.03. The highest BCUT2D eigenvalue weighted by atomic mass is 35.5. The molecule has 1 aliphatic carbocycles. The predicted molar refractivity (Wildman–Crippen MR) is 97.7 cm³/mol. The van der Waals surface area contributed by atoms with E-state index in [0.717, 1.165) is 29.0 Å². The van der Waals surface area contributed by atoms with Crippen LogP contribution in [0.15, 0.2) is 30.3 Å². The lowest BCUT2D eigenvalue weighted by atomic mass is 9.91. The van der Waals surface area contributed by atoms with E-state index in [4.69, 9.17) is 17.3 Å². The Hall–Kier alpha value is -1.91. The average molecular weight is 360 g/mol. The van der Waals surface area contributed by atoms with Crippen molar-refractivity contribution in [2.45, 2.75) is 25.7 Å². The van der Waals surface area contributed by atoms with Gasteiger partial charge in [-0.25, -0.2) is 4.39 Å². The molecule has 0 amide bonds. The third kappa shape index (κ3) is 2.50. The van der Waals surface area contributed by atoms with Gasteiger partial charge in [0.15, 0.2) is 0 Å². The van der Waals surface area contributed by atoms with Gasteiger partial charge in [0, 0.05) is 15.6 Å². The zero-order valence-corrected chi connectivity index (χ0v) is 14.4. The Kier molecular flexibility index (Phi) is 3.82. The third-order valence-corrected chi connectivity index (χ3v) is 6.05. The Morgan fingerprint density at radius 1 is 1.12 bits per heavy atom. The predicted octanol–water partition coefficient (Wildman–Crippen LogP) is 5.39. The van der Waals surface area contributed by atoms with Crippen molar-refractivity contribution in [1.82, 2.24) is 0 Å². The van der Waals surface area contributed by atoms with Gasteiger partial charge in [0.2, 0.25) is 5.78 Å². The van der Waals surface area contributed by atoms with Crippen LogP contribution in [0, 0.1) is 5.82 Å². The monoisotopic (exact) mass is 359 g/mol. The molecule has 122 valence electrons. The van der Waals surface area contributed by atoms with Gasteiger partial charge in [0.1, 0.15) is 5.82 Å². The number of hydrogen-bond acceptors (Lipinski definition) is 3. The first-order chi connectivity index (χ1) is 11.5. The van der Waals surface area contributed by atoms with E-state index in [1.165, 1.54) is 47.4 Å². The van der Waals surface area contributed by atoms with E-state index in [1.807, 2.05) is 0 Å². The topological polar surface area (TPSA) is 43.1 Å². The largest absolute Gasteiger partial charge is 0.397 e. The van der Waals surface area contributed by atoms with Gasteiger partial charge in [-0.05, 0) is 67.1 Å². The summed E-state index contributed by atoms with van der Waals surface area (Å²) in [5.74, 6) is -0.717. The Balaban J connectivity index is 1.84. The van der Waals surface area contributed by atoms with Crippen molar-refractivity contribution in [2.24, 2.45) is 0 Å². The number of anilines is 1. The van der Waals surface area contributed by atoms with Crippen LogP contribution in [-0.2, 0) is 12.8 Å². The number of aryl methyl sites for hydroxylation is 2. The number of carbonyl (C=O) groups is 1. The van der Waals surface area contributed by atoms with Gasteiger partial charge in [-0.15, -0.1) is 11.3 Å². The number of rotatable bonds is 2. The molecule has 1 aromatic heterocycles. The molecule has 0 fully saturated rings. The number of hydrogen-bond donors (Lipinski definition) is 1. The normalized spacial score (nSPS) is 13.9. The maximum atomic E-state index is 13.2. The molecule has 2 N–H and O–H groups in total. The van der Waals surface area contributed by atoms with E-state index < -0.39 is 5.82 Å². The molecule has 0 atom stereocenters. The maximum Gasteiger partial charge on any atom is 0.206 e. The van der Waals surface area contributed by atoms with E-state index in [-0.39, 0.29) is 16.4 Å². The van der Waals surface area contributed by atoms with E-state index in [0.29, 0.717) is 10.6 Å². The minimum absolute atomic E-state index is 0.108. The standard InChI is InChI=1S/C19H15ClFNOS/c20-15-9-12(21)5-6-13(15)18(23)19-17(22)14-7-10-3-1-2-4-11(10)8-16(14)24-19/h5-9H,1-4,22H2. The van der Waals surface area contributed by atoms with Crippen molar-refractivity contribution in [3.8, 4) is 0 Å². The molecule has 4 rings (SSSR count). The summed E-state index contributed by atoms with van der Waals surface area (Å²) in [5, 5.41) is 1.04. The van der Waals surface area contributed by atoms with Crippen molar-refractivity contribution in [2.75, 3.05) is 5.73 Å². The van der Waals surface area contributed by atoms with Crippen molar-refractivity contribution < 1.29 is 9.18 Å². The molecule has 2 nitrogen and oxygen atoms in total. The van der Waals surface area contributed by atoms with Gasteiger partial charge in [-0.3, -0.25) is 4.79 Å². The van der Waals surface area contributed by atoms with E-state index in [1.54, 1.807) is 0 Å². The van der Waals surface area contributed by atoms with E-state index >= 15 is 0 Å². The van der Waals surface area contributed by atoms with E-state index in [2.05, 4.69) is 12.1 Å². The number of ketones is 1. The second kappa shape index (κ2) is 5.87. The van der Waals surface area contributed by atoms with Crippen molar-refractivity contribution in [3.63, 3.8) is 0 Å². The lowest BCUT2D eigenvalue weighted by molar-refractivity contribution is 0.104. The molecule has 3 aromatic rings. The van der Waals surface area contributed by atoms with Crippen molar-refractivity contribution in [3.05, 3.63) is 62.7 Å². The summed E-state index contributed by atoms with van der Waals surface area (Å²) in [5.41, 5.74) is 9.72. The molecule has 0 spiro atoms. The zero-order chi connectivity index (χ0) is 16.8. The third-order valence-electron chi connectivity index (χ3n) is 4.57. The highest BCUT2D eigenvalue weighted by molar-refractivity contribution is 7.21. The fourth-order valence-corrected chi connectivity index (χ4v) is 4.69. The summed E-state index contributed by atoms with van der Waals surface area (Å²) in [7, 11) is 0. The summed E-state index contributed by atoms with van der Waals surface area (Å²) in [4.78, 5) is 13.3. The molecule has 0 saturated heterocycles. The minimum Gasteiger partial charge on any atom is -0.397 e. The number of benzene rings is 2. The summed E-state index contributed by atoms with van der Waals surface area (Å²) >= 11 is 7.42. The average Bonchev–Trinajstić information content (AvgIpc) is 2.88. The van der Waals surface area contributed by atoms with Crippen LogP contribution >= 0.6 is 22.9 Å². The van der Waals surface area contributed by atoms with Crippen LogP contribution in [0.4, 0.5) is 10.1 Å². The first-order valence-corrected chi connectivity index (χ1v) is 9.07. The van der Waals surface area contributed by atoms with Gasteiger partial charge >= 0.3 is 0 Å². The highest BCUT2D eigenvalue weighted by Gasteiger charge is 2.22. The molecule has 0 aliphatic heterocycles. The smallest absolute Gasteiger partial charge is 0.206 e. The molecule has 1 aliphatic rings. The summed E-state index contributed by atoms with van der Waals surface area (Å²) in [6.07, 6.45) is 4.54. The van der Waals surface area contributed by atoms with Crippen LogP contribution in [0.2, 0.25) is 5.02 Å². The fraction of sp³-hybridized carbons (Fsp3) is 0.211. The molecule has 5 heteroatoms. The highest BCUT2D eigenvalue weighted by Crippen LogP contribution is 2.39. The van der Waals surface area contributed by atoms with Crippen LogP contribution in [-0.4, -0.2) is 5.78 Å². The fourth-order valence-electron chi connectivity index (χ4n) is 3.31. The number of halogens is 2. The maximum absolute atomic E-state index is 13.2. The number of carbonyl (C=O) groups excluding carboxylic acids is 1. The van der Waals surface area contributed by atoms with Crippen LogP contribution in [0.3, 0.4) is 0 Å². The number of thiophene rings is 1. The Morgan fingerprint density at radius 3 is 2.54 bits per heavy atom. The molecule has 24 heavy (non-hydrogen) atoms. The lowest BCUT2D eigenvalue weighted by Gasteiger charge is -2.15. The zero-order valence-electron chi connectivity index (χ0n) is 12.9. The van der Waals surface area contributed by atoms with Gasteiger partial charge in [-0.1, -0.05) is 11.6 Å². The number of fused-ring (bicyclic) bond motifs is 2. The molecule has 0 bridgehead atoms. The quantitative estimate of drug-likeness (QED) is 0.624. The number of nitrogens with two attached hydrogens (primary N) is 1. The molecule has 2 aromatic carbocycles. The molecule has 1 heterocycles. The van der Waals surface area contributed by atoms with Crippen molar-refractivity contribution >= 4 is 44.5 Å². The van der Waals surface area contributed by atoms with Crippen LogP contribution < -0.4 is 5.73 Å². The van der Waals surface area contributed by atoms with Crippen LogP contribution in [0.5, 0.6) is 0 Å². The minimum atomic E-state index is -0.464. The molecular formula is C19H15ClFNOS. The van der Waals surface area contributed by atoms with Gasteiger partial charge in [0.25, 0.3) is 0 Å². The number of nitrogen functional groups attached to an aromatic ring is 1. The van der Waals surface area contributed by atoms with Crippen LogP contribution in [0.25, 0.3) is 10.1 Å². The molecule has 0 saturated carbocycles. The summed E-state index contributed by atoms with van der Waals surface area (Å²) in [6.45, 7) is 0. The first kappa shape index (κ1) is 15.6. The van der Waals surface area contributed by atoms with Crippen molar-refractivity contribution in [1.29, 1.82) is 0 Å². The molecule has 0 radical (unpaired) electrons. The Labute approximate surface area is 148 Å². The Morgan fingerprint density at radius 2 is 1.83 bits per heavy atom. The SMILES string of the molecule is Nc1c(C(=O)c2ccc(F)cc2Cl)sc2cc3c(cc12)CCCC3. The van der Waals surface area contributed by atoms with Gasteiger partial charge < -0.3 is 5.73 Å². The van der Waals surface area contributed by atoms with Crippen LogP contribution in [0.1, 0.15) is 39.2 Å². The van der Waals surface area contributed by atoms with Gasteiger partial charge in [0.05, 0.1) is 15.6 Å². The first-order valence-electron chi connectivity index (χ1n) is 7.88. The Bertz CT molecular complexity index is 979. The molecule has 0 unspecified atom stereocenters. The summed E-state index contributed by atoms with van der Waals surface area (Å²) in [6, 6.07) is 8.08. The molecular weight excluding hydrogens is 345 g/mol. The van der Waals surface area contributed by atoms with E-state index in [9.17, 15) is 9.18 Å². The second-order valence-corrected chi connectivity index (χ2v) is 7.58.